The number of nitrogens with one attached hydrogen (secondary N) is 1. The van der Waals surface area contributed by atoms with Crippen LogP contribution in [0.3, 0.4) is 0 Å². The second-order valence-electron chi connectivity index (χ2n) is 6.06. The standard InChI is InChI=1S/C19H17BrN4O4S/c1-2-23-18(26)16(29-19(23)22-13-8-4-3-7-12(13)20)11-17(25)21-14-9-5-6-10-15(14)24(27)28/h3-10,16H,2,11H2,1H3,(H,21,25). The molecule has 0 saturated carbocycles. The minimum absolute atomic E-state index is 0.104. The van der Waals surface area contributed by atoms with Crippen LogP contribution >= 0.6 is 27.7 Å². The summed E-state index contributed by atoms with van der Waals surface area (Å²) in [6.07, 6.45) is -0.110. The van der Waals surface area contributed by atoms with Gasteiger partial charge in [-0.1, -0.05) is 36.0 Å². The number of para-hydroxylation sites is 3. The molecule has 1 unspecified atom stereocenters. The van der Waals surface area contributed by atoms with Crippen LogP contribution in [0.2, 0.25) is 0 Å². The highest BCUT2D eigenvalue weighted by atomic mass is 79.9. The van der Waals surface area contributed by atoms with Gasteiger partial charge in [0.15, 0.2) is 5.17 Å². The number of nitro benzene ring substituents is 1. The number of thioether (sulfide) groups is 1. The number of benzene rings is 2. The fraction of sp³-hybridized carbons (Fsp3) is 0.211. The molecular formula is C19H17BrN4O4S. The fourth-order valence-electron chi connectivity index (χ4n) is 2.77. The minimum atomic E-state index is -0.640. The van der Waals surface area contributed by atoms with E-state index in [1.54, 1.807) is 6.07 Å². The summed E-state index contributed by atoms with van der Waals surface area (Å²) in [6.45, 7) is 2.27. The molecule has 2 aromatic rings. The molecule has 29 heavy (non-hydrogen) atoms. The number of aliphatic imine (C=N–C) groups is 1. The van der Waals surface area contributed by atoms with Gasteiger partial charge in [-0.05, 0) is 41.1 Å². The summed E-state index contributed by atoms with van der Waals surface area (Å²) in [5.41, 5.74) is 0.594. The Morgan fingerprint density at radius 3 is 2.66 bits per heavy atom. The van der Waals surface area contributed by atoms with Crippen LogP contribution in [0.4, 0.5) is 17.1 Å². The van der Waals surface area contributed by atoms with Crippen molar-refractivity contribution in [1.82, 2.24) is 4.90 Å². The first kappa shape index (κ1) is 21.0. The fourth-order valence-corrected chi connectivity index (χ4v) is 4.36. The number of halogens is 1. The van der Waals surface area contributed by atoms with Gasteiger partial charge in [0.2, 0.25) is 11.8 Å². The maximum absolute atomic E-state index is 12.7. The number of amidine groups is 1. The lowest BCUT2D eigenvalue weighted by Crippen LogP contribution is -2.33. The van der Waals surface area contributed by atoms with Crippen LogP contribution in [0.15, 0.2) is 58.0 Å². The molecule has 2 aromatic carbocycles. The molecule has 8 nitrogen and oxygen atoms in total. The minimum Gasteiger partial charge on any atom is -0.320 e. The van der Waals surface area contributed by atoms with Gasteiger partial charge in [0, 0.05) is 23.5 Å². The summed E-state index contributed by atoms with van der Waals surface area (Å²) in [5.74, 6) is -0.677. The molecule has 0 spiro atoms. The van der Waals surface area contributed by atoms with E-state index in [1.807, 2.05) is 31.2 Å². The highest BCUT2D eigenvalue weighted by molar-refractivity contribution is 9.10. The van der Waals surface area contributed by atoms with E-state index in [4.69, 9.17) is 0 Å². The molecule has 1 N–H and O–H groups in total. The number of carbonyl (C=O) groups is 2. The predicted octanol–water partition coefficient (Wildman–Crippen LogP) is 4.34. The van der Waals surface area contributed by atoms with E-state index in [0.29, 0.717) is 17.4 Å². The molecule has 1 atom stereocenters. The summed E-state index contributed by atoms with van der Waals surface area (Å²) in [5, 5.41) is 13.5. The first-order valence-electron chi connectivity index (χ1n) is 8.75. The number of hydrogen-bond donors (Lipinski definition) is 1. The van der Waals surface area contributed by atoms with E-state index < -0.39 is 16.1 Å². The zero-order chi connectivity index (χ0) is 21.0. The van der Waals surface area contributed by atoms with E-state index in [2.05, 4.69) is 26.2 Å². The molecule has 0 radical (unpaired) electrons. The van der Waals surface area contributed by atoms with Crippen molar-refractivity contribution < 1.29 is 14.5 Å². The van der Waals surface area contributed by atoms with Crippen LogP contribution in [-0.2, 0) is 9.59 Å². The Kier molecular flexibility index (Phi) is 6.65. The summed E-state index contributed by atoms with van der Waals surface area (Å²) < 4.78 is 0.800. The molecule has 10 heteroatoms. The monoisotopic (exact) mass is 476 g/mol. The van der Waals surface area contributed by atoms with Gasteiger partial charge in [-0.3, -0.25) is 24.6 Å². The molecule has 1 heterocycles. The Labute approximate surface area is 179 Å². The van der Waals surface area contributed by atoms with Crippen molar-refractivity contribution in [2.24, 2.45) is 4.99 Å². The Hall–Kier alpha value is -2.72. The summed E-state index contributed by atoms with van der Waals surface area (Å²) >= 11 is 4.65. The molecular weight excluding hydrogens is 460 g/mol. The Morgan fingerprint density at radius 2 is 1.97 bits per heavy atom. The number of rotatable bonds is 6. The van der Waals surface area contributed by atoms with Crippen LogP contribution in [-0.4, -0.2) is 38.6 Å². The van der Waals surface area contributed by atoms with Gasteiger partial charge in [0.05, 0.1) is 10.6 Å². The number of nitro groups is 1. The molecule has 0 bridgehead atoms. The summed E-state index contributed by atoms with van der Waals surface area (Å²) in [7, 11) is 0. The quantitative estimate of drug-likeness (QED) is 0.493. The molecule has 2 amide bonds. The SMILES string of the molecule is CCN1C(=O)C(CC(=O)Nc2ccccc2[N+](=O)[O-])SC1=Nc1ccccc1Br. The normalized spacial score (nSPS) is 17.6. The Morgan fingerprint density at radius 1 is 1.28 bits per heavy atom. The third-order valence-electron chi connectivity index (χ3n) is 4.15. The van der Waals surface area contributed by atoms with Crippen molar-refractivity contribution in [1.29, 1.82) is 0 Å². The van der Waals surface area contributed by atoms with Crippen LogP contribution in [0.5, 0.6) is 0 Å². The molecule has 3 rings (SSSR count). The molecule has 1 aliphatic heterocycles. The second kappa shape index (κ2) is 9.19. The number of nitrogens with zero attached hydrogens (tertiary/aromatic N) is 3. The zero-order valence-electron chi connectivity index (χ0n) is 15.4. The largest absolute Gasteiger partial charge is 0.320 e. The van der Waals surface area contributed by atoms with Gasteiger partial charge in [-0.15, -0.1) is 0 Å². The Bertz CT molecular complexity index is 998. The number of anilines is 1. The third-order valence-corrected chi connectivity index (χ3v) is 6.00. The van der Waals surface area contributed by atoms with Gasteiger partial charge in [-0.25, -0.2) is 4.99 Å². The summed E-state index contributed by atoms with van der Waals surface area (Å²) in [4.78, 5) is 41.8. The maximum Gasteiger partial charge on any atom is 0.292 e. The van der Waals surface area contributed by atoms with Crippen LogP contribution in [0.25, 0.3) is 0 Å². The first-order chi connectivity index (χ1) is 13.9. The van der Waals surface area contributed by atoms with Crippen molar-refractivity contribution in [2.75, 3.05) is 11.9 Å². The van der Waals surface area contributed by atoms with Crippen LogP contribution in [0.1, 0.15) is 13.3 Å². The lowest BCUT2D eigenvalue weighted by atomic mass is 10.2. The number of amides is 2. The molecule has 0 aliphatic carbocycles. The lowest BCUT2D eigenvalue weighted by molar-refractivity contribution is -0.383. The molecule has 1 saturated heterocycles. The molecule has 1 aliphatic rings. The predicted molar refractivity (Wildman–Crippen MR) is 116 cm³/mol. The van der Waals surface area contributed by atoms with E-state index >= 15 is 0 Å². The van der Waals surface area contributed by atoms with E-state index in [1.165, 1.54) is 34.9 Å². The van der Waals surface area contributed by atoms with Crippen molar-refractivity contribution >= 4 is 61.7 Å². The van der Waals surface area contributed by atoms with Crippen molar-refractivity contribution in [3.8, 4) is 0 Å². The molecule has 150 valence electrons. The van der Waals surface area contributed by atoms with Gasteiger partial charge < -0.3 is 5.32 Å². The van der Waals surface area contributed by atoms with Gasteiger partial charge >= 0.3 is 0 Å². The van der Waals surface area contributed by atoms with Crippen molar-refractivity contribution in [3.63, 3.8) is 0 Å². The maximum atomic E-state index is 12.7. The molecule has 0 aromatic heterocycles. The van der Waals surface area contributed by atoms with E-state index in [9.17, 15) is 19.7 Å². The van der Waals surface area contributed by atoms with Crippen LogP contribution < -0.4 is 5.32 Å². The summed E-state index contributed by atoms with van der Waals surface area (Å²) in [6, 6.07) is 13.3. The van der Waals surface area contributed by atoms with Gasteiger partial charge in [-0.2, -0.15) is 0 Å². The zero-order valence-corrected chi connectivity index (χ0v) is 17.8. The third kappa shape index (κ3) is 4.83. The van der Waals surface area contributed by atoms with Crippen molar-refractivity contribution in [2.45, 2.75) is 18.6 Å². The molecule has 1 fully saturated rings. The van der Waals surface area contributed by atoms with Crippen LogP contribution in [0, 0.1) is 10.1 Å². The smallest absolute Gasteiger partial charge is 0.292 e. The second-order valence-corrected chi connectivity index (χ2v) is 8.09. The van der Waals surface area contributed by atoms with Gasteiger partial charge in [0.25, 0.3) is 5.69 Å². The van der Waals surface area contributed by atoms with Gasteiger partial charge in [0.1, 0.15) is 10.9 Å². The average Bonchev–Trinajstić information content (AvgIpc) is 2.98. The average molecular weight is 477 g/mol. The number of hydrogen-bond acceptors (Lipinski definition) is 6. The van der Waals surface area contributed by atoms with Crippen molar-refractivity contribution in [3.05, 3.63) is 63.1 Å². The highest BCUT2D eigenvalue weighted by Gasteiger charge is 2.38. The van der Waals surface area contributed by atoms with E-state index in [-0.39, 0.29) is 23.7 Å². The number of carbonyl (C=O) groups excluding carboxylic acids is 2. The Balaban J connectivity index is 1.75. The van der Waals surface area contributed by atoms with E-state index in [0.717, 1.165) is 4.47 Å². The topological polar surface area (TPSA) is 105 Å². The highest BCUT2D eigenvalue weighted by Crippen LogP contribution is 2.34. The lowest BCUT2D eigenvalue weighted by Gasteiger charge is -2.13. The first-order valence-corrected chi connectivity index (χ1v) is 10.4.